The van der Waals surface area contributed by atoms with Crippen LogP contribution in [0.1, 0.15) is 58.8 Å². The zero-order chi connectivity index (χ0) is 19.1. The average molecular weight is 362 g/mol. The zero-order valence-electron chi connectivity index (χ0n) is 15.3. The van der Waals surface area contributed by atoms with Crippen LogP contribution in [0, 0.1) is 32.1 Å². The van der Waals surface area contributed by atoms with Crippen LogP contribution in [0.2, 0.25) is 0 Å². The molecule has 8 nitrogen and oxygen atoms in total. The maximum atomic E-state index is 11.2. The van der Waals surface area contributed by atoms with Gasteiger partial charge in [0.2, 0.25) is 0 Å². The second-order valence-electron chi connectivity index (χ2n) is 6.70. The molecule has 1 aliphatic carbocycles. The Hall–Kier alpha value is -2.51. The highest BCUT2D eigenvalue weighted by molar-refractivity contribution is 5.87. The summed E-state index contributed by atoms with van der Waals surface area (Å²) in [6, 6.07) is 3.55. The lowest BCUT2D eigenvalue weighted by molar-refractivity contribution is -0.393. The van der Waals surface area contributed by atoms with Gasteiger partial charge in [-0.25, -0.2) is 0 Å². The van der Waals surface area contributed by atoms with E-state index in [0.29, 0.717) is 11.8 Å². The molecule has 0 bridgehead atoms. The molecule has 1 aromatic carbocycles. The van der Waals surface area contributed by atoms with Crippen molar-refractivity contribution >= 4 is 22.8 Å². The Morgan fingerprint density at radius 1 is 1.19 bits per heavy atom. The molecule has 1 N–H and O–H groups in total. The molecule has 1 saturated carbocycles. The molecule has 0 saturated heterocycles. The van der Waals surface area contributed by atoms with E-state index in [0.717, 1.165) is 24.6 Å². The van der Waals surface area contributed by atoms with E-state index in [4.69, 9.17) is 0 Å². The van der Waals surface area contributed by atoms with Gasteiger partial charge < -0.3 is 0 Å². The number of nitrogens with zero attached hydrogens (tertiary/aromatic N) is 3. The Morgan fingerprint density at radius 2 is 1.88 bits per heavy atom. The Bertz CT molecular complexity index is 684. The number of nitrogens with one attached hydrogen (secondary N) is 1. The van der Waals surface area contributed by atoms with Crippen molar-refractivity contribution in [1.82, 2.24) is 0 Å². The first-order chi connectivity index (χ1) is 12.5. The molecule has 0 heterocycles. The number of hydrazone groups is 1. The fourth-order valence-corrected chi connectivity index (χ4v) is 3.81. The summed E-state index contributed by atoms with van der Waals surface area (Å²) in [5, 5.41) is 26.5. The number of hydrogen-bond acceptors (Lipinski definition) is 6. The molecule has 1 aromatic rings. The van der Waals surface area contributed by atoms with Crippen LogP contribution in [-0.4, -0.2) is 15.6 Å². The zero-order valence-corrected chi connectivity index (χ0v) is 15.3. The van der Waals surface area contributed by atoms with Crippen molar-refractivity contribution in [3.63, 3.8) is 0 Å². The lowest BCUT2D eigenvalue weighted by Crippen LogP contribution is -2.25. The van der Waals surface area contributed by atoms with Crippen molar-refractivity contribution in [2.45, 2.75) is 58.8 Å². The molecule has 1 aliphatic rings. The molecular weight excluding hydrogens is 336 g/mol. The lowest BCUT2D eigenvalue weighted by Gasteiger charge is -2.30. The minimum Gasteiger partial charge on any atom is -0.272 e. The molecule has 0 amide bonds. The van der Waals surface area contributed by atoms with Gasteiger partial charge in [-0.15, -0.1) is 0 Å². The summed E-state index contributed by atoms with van der Waals surface area (Å²) >= 11 is 0. The summed E-state index contributed by atoms with van der Waals surface area (Å²) in [6.07, 6.45) is 7.95. The molecule has 26 heavy (non-hydrogen) atoms. The van der Waals surface area contributed by atoms with E-state index < -0.39 is 9.85 Å². The number of anilines is 1. The van der Waals surface area contributed by atoms with Crippen LogP contribution < -0.4 is 5.43 Å². The fourth-order valence-electron chi connectivity index (χ4n) is 3.81. The van der Waals surface area contributed by atoms with E-state index in [-0.39, 0.29) is 17.1 Å². The molecule has 0 aliphatic heterocycles. The fraction of sp³-hybridized carbons (Fsp3) is 0.611. The molecule has 2 rings (SSSR count). The number of nitro benzene ring substituents is 2. The van der Waals surface area contributed by atoms with E-state index in [2.05, 4.69) is 17.5 Å². The second-order valence-corrected chi connectivity index (χ2v) is 6.70. The van der Waals surface area contributed by atoms with Crippen LogP contribution in [-0.2, 0) is 0 Å². The van der Waals surface area contributed by atoms with Crippen LogP contribution in [0.15, 0.2) is 23.3 Å². The molecule has 1 atom stereocenters. The first-order valence-corrected chi connectivity index (χ1v) is 9.23. The van der Waals surface area contributed by atoms with Crippen molar-refractivity contribution in [1.29, 1.82) is 0 Å². The van der Waals surface area contributed by atoms with Crippen molar-refractivity contribution in [2.75, 3.05) is 5.43 Å². The van der Waals surface area contributed by atoms with Crippen LogP contribution in [0.3, 0.4) is 0 Å². The predicted octanol–water partition coefficient (Wildman–Crippen LogP) is 5.29. The van der Waals surface area contributed by atoms with Gasteiger partial charge in [0.05, 0.1) is 15.9 Å². The van der Waals surface area contributed by atoms with E-state index >= 15 is 0 Å². The number of non-ortho nitro benzene ring substituents is 1. The summed E-state index contributed by atoms with van der Waals surface area (Å²) in [5.74, 6) is 0.978. The number of hydrogen-bond donors (Lipinski definition) is 1. The van der Waals surface area contributed by atoms with Gasteiger partial charge in [0.1, 0.15) is 5.69 Å². The lowest BCUT2D eigenvalue weighted by atomic mass is 9.76. The van der Waals surface area contributed by atoms with Crippen LogP contribution in [0.25, 0.3) is 0 Å². The predicted molar refractivity (Wildman–Crippen MR) is 101 cm³/mol. The quantitative estimate of drug-likeness (QED) is 0.384. The van der Waals surface area contributed by atoms with E-state index in [9.17, 15) is 20.2 Å². The van der Waals surface area contributed by atoms with Gasteiger partial charge in [-0.3, -0.25) is 25.7 Å². The standard InChI is InChI=1S/C18H26N4O4/c1-3-15(13-8-6-5-7-9-13)16(4-2)19-20-17-11-10-14(21(23)24)12-18(17)22(25)26/h10-13,15,20H,3-9H2,1-2H3/b19-16+. The van der Waals surface area contributed by atoms with Crippen LogP contribution in [0.4, 0.5) is 17.1 Å². The Balaban J connectivity index is 2.24. The number of rotatable bonds is 8. The third-order valence-electron chi connectivity index (χ3n) is 5.16. The SMILES string of the molecule is CC/C(=N\Nc1ccc([N+](=O)[O-])cc1[N+](=O)[O-])C(CC)C1CCCCC1. The van der Waals surface area contributed by atoms with Gasteiger partial charge in [-0.1, -0.05) is 33.1 Å². The Labute approximate surface area is 153 Å². The highest BCUT2D eigenvalue weighted by Crippen LogP contribution is 2.34. The highest BCUT2D eigenvalue weighted by Gasteiger charge is 2.26. The summed E-state index contributed by atoms with van der Waals surface area (Å²) in [5.41, 5.74) is 3.31. The average Bonchev–Trinajstić information content (AvgIpc) is 2.65. The topological polar surface area (TPSA) is 111 Å². The largest absolute Gasteiger partial charge is 0.301 e. The van der Waals surface area contributed by atoms with E-state index in [1.165, 1.54) is 44.2 Å². The van der Waals surface area contributed by atoms with Crippen molar-refractivity contribution < 1.29 is 9.85 Å². The van der Waals surface area contributed by atoms with Gasteiger partial charge in [-0.05, 0) is 37.7 Å². The van der Waals surface area contributed by atoms with Crippen molar-refractivity contribution in [2.24, 2.45) is 16.9 Å². The van der Waals surface area contributed by atoms with E-state index in [1.807, 2.05) is 6.92 Å². The maximum absolute atomic E-state index is 11.2. The summed E-state index contributed by atoms with van der Waals surface area (Å²) in [7, 11) is 0. The minimum atomic E-state index is -0.645. The molecule has 8 heteroatoms. The van der Waals surface area contributed by atoms with Crippen molar-refractivity contribution in [3.05, 3.63) is 38.4 Å². The Kier molecular flexibility index (Phi) is 7.06. The normalized spacial score (nSPS) is 16.9. The first-order valence-electron chi connectivity index (χ1n) is 9.23. The third-order valence-corrected chi connectivity index (χ3v) is 5.16. The smallest absolute Gasteiger partial charge is 0.272 e. The number of benzene rings is 1. The Morgan fingerprint density at radius 3 is 2.42 bits per heavy atom. The molecule has 0 radical (unpaired) electrons. The van der Waals surface area contributed by atoms with Gasteiger partial charge in [0.15, 0.2) is 0 Å². The molecule has 142 valence electrons. The van der Waals surface area contributed by atoms with E-state index in [1.54, 1.807) is 0 Å². The maximum Gasteiger partial charge on any atom is 0.301 e. The third kappa shape index (κ3) is 4.77. The van der Waals surface area contributed by atoms with Crippen LogP contribution in [0.5, 0.6) is 0 Å². The van der Waals surface area contributed by atoms with Gasteiger partial charge in [0.25, 0.3) is 5.69 Å². The summed E-state index contributed by atoms with van der Waals surface area (Å²) in [4.78, 5) is 20.8. The summed E-state index contributed by atoms with van der Waals surface area (Å²) in [6.45, 7) is 4.19. The van der Waals surface area contributed by atoms with Crippen molar-refractivity contribution in [3.8, 4) is 0 Å². The second kappa shape index (κ2) is 9.26. The minimum absolute atomic E-state index is 0.171. The molecule has 0 spiro atoms. The van der Waals surface area contributed by atoms with Crippen LogP contribution >= 0.6 is 0 Å². The van der Waals surface area contributed by atoms with Gasteiger partial charge in [-0.2, -0.15) is 5.10 Å². The monoisotopic (exact) mass is 362 g/mol. The van der Waals surface area contributed by atoms with Gasteiger partial charge in [0, 0.05) is 17.7 Å². The number of nitro groups is 2. The molecule has 1 fully saturated rings. The summed E-state index contributed by atoms with van der Waals surface area (Å²) < 4.78 is 0. The highest BCUT2D eigenvalue weighted by atomic mass is 16.6. The molecular formula is C18H26N4O4. The molecule has 0 aromatic heterocycles. The molecule has 1 unspecified atom stereocenters. The first kappa shape index (κ1) is 19.8. The van der Waals surface area contributed by atoms with Gasteiger partial charge >= 0.3 is 5.69 Å².